The Morgan fingerprint density at radius 2 is 0.974 bits per heavy atom. The van der Waals surface area contributed by atoms with E-state index in [0.29, 0.717) is 19.4 Å². The second-order valence-electron chi connectivity index (χ2n) is 24.3. The number of aliphatic hydroxyl groups excluding tert-OH is 8. The molecule has 14 N–H and O–H groups in total. The van der Waals surface area contributed by atoms with Gasteiger partial charge in [-0.2, -0.15) is 0 Å². The highest BCUT2D eigenvalue weighted by Gasteiger charge is 2.52. The predicted octanol–water partition coefficient (Wildman–Crippen LogP) is 2.29. The lowest BCUT2D eigenvalue weighted by Crippen LogP contribution is -2.66. The summed E-state index contributed by atoms with van der Waals surface area (Å²) < 4.78 is 55.0. The van der Waals surface area contributed by atoms with Gasteiger partial charge in [0.15, 0.2) is 33.5 Å². The van der Waals surface area contributed by atoms with Crippen LogP contribution in [-0.4, -0.2) is 204 Å². The van der Waals surface area contributed by atoms with Crippen LogP contribution in [0.2, 0.25) is 18.1 Å². The van der Waals surface area contributed by atoms with Crippen molar-refractivity contribution in [2.75, 3.05) is 19.8 Å². The summed E-state index contributed by atoms with van der Waals surface area (Å²) >= 11 is 0. The first-order chi connectivity index (χ1) is 35.7. The minimum Gasteiger partial charge on any atom is -0.417 e. The molecule has 2 aliphatic carbocycles. The minimum atomic E-state index is -1.89. The van der Waals surface area contributed by atoms with Crippen LogP contribution in [0.25, 0.3) is 0 Å². The van der Waals surface area contributed by atoms with Crippen LogP contribution >= 0.6 is 0 Å². The molecule has 0 aromatic carbocycles. The van der Waals surface area contributed by atoms with Gasteiger partial charge in [-0.05, 0) is 100 Å². The van der Waals surface area contributed by atoms with Gasteiger partial charge >= 0.3 is 0 Å². The molecule has 0 radical (unpaired) electrons. The maximum absolute atomic E-state index is 11.8. The zero-order chi connectivity index (χ0) is 57.0. The van der Waals surface area contributed by atoms with Gasteiger partial charge in [0.05, 0.1) is 55.8 Å². The average Bonchev–Trinajstić information content (AvgIpc) is 3.38. The summed E-state index contributed by atoms with van der Waals surface area (Å²) in [5.41, 5.74) is 18.2. The Morgan fingerprint density at radius 1 is 0.566 bits per heavy atom. The number of rotatable bonds is 18. The zero-order valence-corrected chi connectivity index (χ0v) is 48.9. The van der Waals surface area contributed by atoms with Crippen LogP contribution in [0, 0.1) is 29.6 Å². The first-order valence-electron chi connectivity index (χ1n) is 28.6. The second-order valence-corrected chi connectivity index (χ2v) is 29.1. The van der Waals surface area contributed by atoms with Crippen molar-refractivity contribution in [2.45, 2.75) is 287 Å². The first-order valence-corrected chi connectivity index (χ1v) is 31.5. The van der Waals surface area contributed by atoms with Crippen molar-refractivity contribution in [3.8, 4) is 0 Å². The van der Waals surface area contributed by atoms with Crippen LogP contribution in [0.4, 0.5) is 0 Å². The molecule has 6 rings (SSSR count). The van der Waals surface area contributed by atoms with E-state index in [1.807, 2.05) is 13.8 Å². The van der Waals surface area contributed by atoms with Gasteiger partial charge in [-0.1, -0.05) is 69.2 Å². The van der Waals surface area contributed by atoms with E-state index in [1.165, 1.54) is 0 Å². The molecule has 22 heteroatoms. The number of hydrogen-bond donors (Lipinski definition) is 11. The zero-order valence-electron chi connectivity index (χ0n) is 47.9. The molecule has 0 aromatic heterocycles. The minimum absolute atomic E-state index is 0.0332. The molecule has 4 saturated heterocycles. The van der Waals surface area contributed by atoms with Crippen LogP contribution in [0.1, 0.15) is 140 Å². The molecule has 0 amide bonds. The fourth-order valence-electron chi connectivity index (χ4n) is 11.0. The molecule has 26 atom stereocenters. The Kier molecular flexibility index (Phi) is 27.5. The maximum atomic E-state index is 11.8. The topological polar surface area (TPSA) is 340 Å². The Bertz CT molecular complexity index is 1660. The lowest BCUT2D eigenvalue weighted by molar-refractivity contribution is -0.323. The van der Waals surface area contributed by atoms with Gasteiger partial charge in [0, 0.05) is 30.9 Å². The van der Waals surface area contributed by atoms with Crippen LogP contribution < -0.4 is 17.2 Å². The standard InChI is InChI=1S/C30H59NO9Si.C21H40N2O8.C3H6O/c1-9-20-13-12-17(2)28(37-20)39-26-18(3)15-19(11-10-14-36-41(7,8)30(4,5)6)27(25(26)35)40-29-24(34)22(31)23(33)21(16-32)38-29;1-4-11-6-5-9(2)20(28-11)30-18-10(3)7-12(22)19(17(18)27)31-21-16(26)14(23)15(25)13(8-24)29-21;1-2-3-4/h17-29,32-35H,9-16,31H2,1-8H3;9-21,24-27H,4-8,22-23H2,1-3H3;3H,2H2,1H3/t17-,18+,19-,20-,21-,22+,23-,24-,25+,26?,27+,28-,29-;9-,10+,11-,12-,13-,14+,15-,16-,17+,18?,19+,20-,21-;/m11./s1. The number of carbonyl (C=O) groups is 1. The molecule has 6 fully saturated rings. The molecule has 76 heavy (non-hydrogen) atoms. The number of carbonyl (C=O) groups excluding carboxylic acids is 1. The Balaban J connectivity index is 0.000000317. The van der Waals surface area contributed by atoms with Gasteiger partial charge in [0.25, 0.3) is 0 Å². The average molecular weight is 1110 g/mol. The van der Waals surface area contributed by atoms with E-state index in [1.54, 1.807) is 0 Å². The number of ether oxygens (including phenoxy) is 8. The predicted molar refractivity (Wildman–Crippen MR) is 285 cm³/mol. The summed E-state index contributed by atoms with van der Waals surface area (Å²) in [4.78, 5) is 9.17. The number of hydrogen-bond acceptors (Lipinski definition) is 21. The molecule has 6 aliphatic rings. The van der Waals surface area contributed by atoms with Crippen molar-refractivity contribution >= 4 is 14.6 Å². The number of aldehydes is 1. The quantitative estimate of drug-likeness (QED) is 0.0533. The molecule has 0 aromatic rings. The van der Waals surface area contributed by atoms with Gasteiger partial charge in [-0.15, -0.1) is 0 Å². The molecule has 0 bridgehead atoms. The fraction of sp³-hybridized carbons (Fsp3) is 0.981. The summed E-state index contributed by atoms with van der Waals surface area (Å²) in [6.45, 7) is 25.1. The van der Waals surface area contributed by atoms with Gasteiger partial charge in [0.2, 0.25) is 0 Å². The van der Waals surface area contributed by atoms with Gasteiger partial charge in [-0.25, -0.2) is 0 Å². The SMILES string of the molecule is CCC=O.CC[C@@H]1CC[C@@H](C)[C@@H](OC2[C@@H](C)C[C@@H](CCCO[Si](C)(C)C(C)(C)C)[C@H](O[C@H]3O[C@H](CO)[C@@H](O)[C@H](N)[C@H]3O)[C@H]2O)O1.CC[C@@H]1CC[C@@H](C)[C@@H](OC2[C@@H](C)C[C@@H](N)[C@H](O[C@H]3O[C@H](CO)[C@@H](O)[C@H](N)[C@H]3O)[C@H]2O)O1. The Labute approximate surface area is 454 Å². The summed E-state index contributed by atoms with van der Waals surface area (Å²) in [6.07, 6.45) is -4.80. The molecule has 4 aliphatic heterocycles. The van der Waals surface area contributed by atoms with Crippen molar-refractivity contribution < 1.29 is 88.0 Å². The van der Waals surface area contributed by atoms with Crippen LogP contribution in [0.15, 0.2) is 0 Å². The normalized spacial score (nSPS) is 44.5. The van der Waals surface area contributed by atoms with Gasteiger partial charge in [-0.3, -0.25) is 0 Å². The summed E-state index contributed by atoms with van der Waals surface area (Å²) in [6, 6.07) is -2.65. The highest BCUT2D eigenvalue weighted by atomic mass is 28.4. The highest BCUT2D eigenvalue weighted by molar-refractivity contribution is 6.74. The Morgan fingerprint density at radius 3 is 1.38 bits per heavy atom. The van der Waals surface area contributed by atoms with E-state index in [4.69, 9.17) is 59.5 Å². The van der Waals surface area contributed by atoms with Crippen molar-refractivity contribution in [1.29, 1.82) is 0 Å². The van der Waals surface area contributed by atoms with E-state index >= 15 is 0 Å². The molecule has 2 unspecified atom stereocenters. The molecular formula is C54H105N3O18Si. The van der Waals surface area contributed by atoms with Crippen molar-refractivity contribution in [1.82, 2.24) is 0 Å². The monoisotopic (exact) mass is 1110 g/mol. The molecule has 21 nitrogen and oxygen atoms in total. The van der Waals surface area contributed by atoms with Crippen molar-refractivity contribution in [3.05, 3.63) is 0 Å². The van der Waals surface area contributed by atoms with E-state index in [2.05, 4.69) is 68.5 Å². The third kappa shape index (κ3) is 17.6. The van der Waals surface area contributed by atoms with Crippen molar-refractivity contribution in [2.24, 2.45) is 46.8 Å². The maximum Gasteiger partial charge on any atom is 0.191 e. The van der Waals surface area contributed by atoms with Crippen LogP contribution in [0.3, 0.4) is 0 Å². The first kappa shape index (κ1) is 67.6. The third-order valence-electron chi connectivity index (χ3n) is 17.2. The number of nitrogens with two attached hydrogens (primary N) is 3. The van der Waals surface area contributed by atoms with E-state index in [9.17, 15) is 45.6 Å². The van der Waals surface area contributed by atoms with Crippen LogP contribution in [-0.2, 0) is 47.1 Å². The number of aliphatic hydroxyl groups is 8. The molecule has 448 valence electrons. The van der Waals surface area contributed by atoms with E-state index < -0.39 is 138 Å². The molecule has 4 heterocycles. The fourth-order valence-corrected chi connectivity index (χ4v) is 12.0. The third-order valence-corrected chi connectivity index (χ3v) is 21.8. The highest BCUT2D eigenvalue weighted by Crippen LogP contribution is 2.42. The molecule has 0 spiro atoms. The smallest absolute Gasteiger partial charge is 0.191 e. The summed E-state index contributed by atoms with van der Waals surface area (Å²) in [7, 11) is -1.89. The van der Waals surface area contributed by atoms with Crippen LogP contribution in [0.5, 0.6) is 0 Å². The van der Waals surface area contributed by atoms with Gasteiger partial charge in [0.1, 0.15) is 61.2 Å². The molecule has 2 saturated carbocycles. The second kappa shape index (κ2) is 30.9. The van der Waals surface area contributed by atoms with Gasteiger partial charge < -0.3 is 105 Å². The lowest BCUT2D eigenvalue weighted by Gasteiger charge is -2.48. The molecular weight excluding hydrogens is 1010 g/mol. The van der Waals surface area contributed by atoms with E-state index in [0.717, 1.165) is 64.1 Å². The van der Waals surface area contributed by atoms with Crippen molar-refractivity contribution in [3.63, 3.8) is 0 Å². The summed E-state index contributed by atoms with van der Waals surface area (Å²) in [5, 5.41) is 83.7. The summed E-state index contributed by atoms with van der Waals surface area (Å²) in [5.74, 6) is 0.359. The lowest BCUT2D eigenvalue weighted by atomic mass is 9.74. The Hall–Kier alpha value is -0.913. The van der Waals surface area contributed by atoms with E-state index in [-0.39, 0.29) is 46.8 Å². The largest absolute Gasteiger partial charge is 0.417 e.